The van der Waals surface area contributed by atoms with Crippen molar-refractivity contribution < 1.29 is 23.1 Å². The molecule has 0 spiro atoms. The van der Waals surface area contributed by atoms with E-state index >= 15 is 0 Å². The summed E-state index contributed by atoms with van der Waals surface area (Å²) in [5.41, 5.74) is 0.191. The number of nitrogens with one attached hydrogen (secondary N) is 1. The van der Waals surface area contributed by atoms with Crippen molar-refractivity contribution >= 4 is 5.91 Å². The fraction of sp³-hybridized carbons (Fsp3) is 0.133. The molecule has 0 saturated carbocycles. The van der Waals surface area contributed by atoms with E-state index in [1.807, 2.05) is 0 Å². The van der Waals surface area contributed by atoms with E-state index in [0.717, 1.165) is 36.4 Å². The highest BCUT2D eigenvalue weighted by molar-refractivity contribution is 5.96. The number of carbonyl (C=O) groups is 1. The Kier molecular flexibility index (Phi) is 4.47. The number of hydrogen-bond acceptors (Lipinski definition) is 2. The molecule has 2 N–H and O–H groups in total. The predicted octanol–water partition coefficient (Wildman–Crippen LogP) is 2.78. The van der Waals surface area contributed by atoms with Gasteiger partial charge in [0.2, 0.25) is 0 Å². The summed E-state index contributed by atoms with van der Waals surface area (Å²) in [6, 6.07) is 6.09. The van der Waals surface area contributed by atoms with Crippen LogP contribution in [0.5, 0.6) is 5.75 Å². The van der Waals surface area contributed by atoms with Gasteiger partial charge < -0.3 is 10.4 Å². The van der Waals surface area contributed by atoms with Crippen molar-refractivity contribution in [1.82, 2.24) is 5.32 Å². The molecule has 1 amide bonds. The molecule has 0 atom stereocenters. The minimum absolute atomic E-state index is 0.0949. The molecule has 0 aliphatic heterocycles. The monoisotopic (exact) mass is 295 g/mol. The quantitative estimate of drug-likeness (QED) is 0.911. The van der Waals surface area contributed by atoms with Crippen LogP contribution in [-0.2, 0) is 6.42 Å². The Bertz CT molecular complexity index is 654. The fourth-order valence-electron chi connectivity index (χ4n) is 1.86. The van der Waals surface area contributed by atoms with Gasteiger partial charge in [-0.1, -0.05) is 0 Å². The van der Waals surface area contributed by atoms with Crippen molar-refractivity contribution in [1.29, 1.82) is 0 Å². The summed E-state index contributed by atoms with van der Waals surface area (Å²) >= 11 is 0. The molecule has 0 aliphatic rings. The second-order valence-electron chi connectivity index (χ2n) is 4.45. The third-order valence-electron chi connectivity index (χ3n) is 2.82. The molecule has 0 radical (unpaired) electrons. The SMILES string of the molecule is O=C(NCCc1cc(F)cc(F)c1)c1cc(F)ccc1O. The summed E-state index contributed by atoms with van der Waals surface area (Å²) in [6.45, 7) is 0.0949. The number of amides is 1. The predicted molar refractivity (Wildman–Crippen MR) is 70.5 cm³/mol. The van der Waals surface area contributed by atoms with Gasteiger partial charge in [0.1, 0.15) is 23.2 Å². The average molecular weight is 295 g/mol. The zero-order valence-electron chi connectivity index (χ0n) is 10.9. The van der Waals surface area contributed by atoms with Crippen LogP contribution in [0.4, 0.5) is 13.2 Å². The van der Waals surface area contributed by atoms with E-state index in [1.165, 1.54) is 0 Å². The van der Waals surface area contributed by atoms with Gasteiger partial charge in [-0.3, -0.25) is 4.79 Å². The zero-order chi connectivity index (χ0) is 15.4. The number of phenolic OH excluding ortho intramolecular Hbond substituents is 1. The van der Waals surface area contributed by atoms with E-state index in [9.17, 15) is 23.1 Å². The molecule has 0 fully saturated rings. The van der Waals surface area contributed by atoms with Crippen LogP contribution in [0.3, 0.4) is 0 Å². The molecular weight excluding hydrogens is 283 g/mol. The van der Waals surface area contributed by atoms with Gasteiger partial charge in [-0.25, -0.2) is 13.2 Å². The summed E-state index contributed by atoms with van der Waals surface area (Å²) in [6.07, 6.45) is 0.205. The lowest BCUT2D eigenvalue weighted by molar-refractivity contribution is 0.0951. The van der Waals surface area contributed by atoms with Crippen LogP contribution in [0.1, 0.15) is 15.9 Å². The lowest BCUT2D eigenvalue weighted by Crippen LogP contribution is -2.25. The van der Waals surface area contributed by atoms with Crippen molar-refractivity contribution in [3.8, 4) is 5.75 Å². The highest BCUT2D eigenvalue weighted by Crippen LogP contribution is 2.17. The van der Waals surface area contributed by atoms with E-state index < -0.39 is 23.4 Å². The van der Waals surface area contributed by atoms with E-state index in [1.54, 1.807) is 0 Å². The number of rotatable bonds is 4. The van der Waals surface area contributed by atoms with Gasteiger partial charge in [0.15, 0.2) is 0 Å². The normalized spacial score (nSPS) is 10.4. The van der Waals surface area contributed by atoms with Gasteiger partial charge >= 0.3 is 0 Å². The fourth-order valence-corrected chi connectivity index (χ4v) is 1.86. The van der Waals surface area contributed by atoms with Crippen molar-refractivity contribution in [2.45, 2.75) is 6.42 Å². The van der Waals surface area contributed by atoms with Crippen molar-refractivity contribution in [3.05, 3.63) is 65.0 Å². The molecule has 0 bridgehead atoms. The first-order valence-corrected chi connectivity index (χ1v) is 6.17. The Morgan fingerprint density at radius 2 is 1.67 bits per heavy atom. The molecule has 0 heterocycles. The standard InChI is InChI=1S/C15H12F3NO2/c16-10-1-2-14(20)13(8-10)15(21)19-4-3-9-5-11(17)7-12(18)6-9/h1-2,5-8,20H,3-4H2,(H,19,21). The van der Waals surface area contributed by atoms with Gasteiger partial charge in [0.25, 0.3) is 5.91 Å². The molecule has 2 rings (SSSR count). The van der Waals surface area contributed by atoms with E-state index in [4.69, 9.17) is 0 Å². The first-order valence-electron chi connectivity index (χ1n) is 6.17. The first-order chi connectivity index (χ1) is 9.95. The lowest BCUT2D eigenvalue weighted by atomic mass is 10.1. The second-order valence-corrected chi connectivity index (χ2v) is 4.45. The summed E-state index contributed by atoms with van der Waals surface area (Å²) < 4.78 is 39.0. The number of aromatic hydroxyl groups is 1. The van der Waals surface area contributed by atoms with E-state index in [0.29, 0.717) is 5.56 Å². The topological polar surface area (TPSA) is 49.3 Å². The molecule has 3 nitrogen and oxygen atoms in total. The smallest absolute Gasteiger partial charge is 0.255 e. The maximum Gasteiger partial charge on any atom is 0.255 e. The van der Waals surface area contributed by atoms with E-state index in [-0.39, 0.29) is 24.3 Å². The molecule has 6 heteroatoms. The van der Waals surface area contributed by atoms with Gasteiger partial charge in [-0.2, -0.15) is 0 Å². The molecule has 0 unspecified atom stereocenters. The van der Waals surface area contributed by atoms with Crippen molar-refractivity contribution in [2.75, 3.05) is 6.54 Å². The van der Waals surface area contributed by atoms with Crippen LogP contribution in [-0.4, -0.2) is 17.6 Å². The third kappa shape index (κ3) is 3.98. The number of halogens is 3. The Balaban J connectivity index is 1.96. The molecule has 0 aromatic heterocycles. The molecule has 110 valence electrons. The van der Waals surface area contributed by atoms with Crippen LogP contribution >= 0.6 is 0 Å². The first kappa shape index (κ1) is 14.9. The molecule has 21 heavy (non-hydrogen) atoms. The van der Waals surface area contributed by atoms with Crippen molar-refractivity contribution in [2.24, 2.45) is 0 Å². The molecule has 0 saturated heterocycles. The number of phenols is 1. The number of hydrogen-bond donors (Lipinski definition) is 2. The number of benzene rings is 2. The lowest BCUT2D eigenvalue weighted by Gasteiger charge is -2.07. The van der Waals surface area contributed by atoms with Crippen LogP contribution in [0.25, 0.3) is 0 Å². The molecule has 2 aromatic carbocycles. The highest BCUT2D eigenvalue weighted by Gasteiger charge is 2.11. The average Bonchev–Trinajstić information content (AvgIpc) is 2.40. The molecule has 0 aliphatic carbocycles. The summed E-state index contributed by atoms with van der Waals surface area (Å²) in [5, 5.41) is 11.9. The van der Waals surface area contributed by atoms with Gasteiger partial charge in [0.05, 0.1) is 5.56 Å². The summed E-state index contributed by atoms with van der Waals surface area (Å²) in [7, 11) is 0. The van der Waals surface area contributed by atoms with Crippen LogP contribution in [0.15, 0.2) is 36.4 Å². The Morgan fingerprint density at radius 3 is 2.33 bits per heavy atom. The van der Waals surface area contributed by atoms with Gasteiger partial charge in [-0.15, -0.1) is 0 Å². The highest BCUT2D eigenvalue weighted by atomic mass is 19.1. The van der Waals surface area contributed by atoms with Crippen LogP contribution < -0.4 is 5.32 Å². The number of carbonyl (C=O) groups excluding carboxylic acids is 1. The Hall–Kier alpha value is -2.50. The minimum atomic E-state index is -0.695. The van der Waals surface area contributed by atoms with Gasteiger partial charge in [-0.05, 0) is 42.3 Å². The van der Waals surface area contributed by atoms with Crippen molar-refractivity contribution in [3.63, 3.8) is 0 Å². The molecule has 2 aromatic rings. The van der Waals surface area contributed by atoms with Gasteiger partial charge in [0, 0.05) is 12.6 Å². The Labute approximate surface area is 119 Å². The second kappa shape index (κ2) is 6.30. The Morgan fingerprint density at radius 1 is 1.00 bits per heavy atom. The van der Waals surface area contributed by atoms with Crippen LogP contribution in [0, 0.1) is 17.5 Å². The minimum Gasteiger partial charge on any atom is -0.507 e. The maximum atomic E-state index is 13.0. The largest absolute Gasteiger partial charge is 0.507 e. The third-order valence-corrected chi connectivity index (χ3v) is 2.82. The summed E-state index contributed by atoms with van der Waals surface area (Å²) in [4.78, 5) is 11.8. The maximum absolute atomic E-state index is 13.0. The van der Waals surface area contributed by atoms with E-state index in [2.05, 4.69) is 5.32 Å². The molecular formula is C15H12F3NO2. The summed E-state index contributed by atoms with van der Waals surface area (Å²) in [5.74, 6) is -3.04. The zero-order valence-corrected chi connectivity index (χ0v) is 10.9. The van der Waals surface area contributed by atoms with Crippen LogP contribution in [0.2, 0.25) is 0 Å².